The molecule has 1 aliphatic heterocycles. The Hall–Kier alpha value is -3.10. The van der Waals surface area contributed by atoms with E-state index in [0.717, 1.165) is 25.5 Å². The van der Waals surface area contributed by atoms with E-state index in [2.05, 4.69) is 10.3 Å². The lowest BCUT2D eigenvalue weighted by molar-refractivity contribution is -0.310. The molecule has 14 nitrogen and oxygen atoms in total. The highest BCUT2D eigenvalue weighted by molar-refractivity contribution is 5.68. The summed E-state index contributed by atoms with van der Waals surface area (Å²) >= 11 is 0. The third-order valence-electron chi connectivity index (χ3n) is 4.07. The van der Waals surface area contributed by atoms with Crippen molar-refractivity contribution in [3.8, 4) is 0 Å². The zero-order chi connectivity index (χ0) is 23.8. The highest BCUT2D eigenvalue weighted by Gasteiger charge is 2.52. The molecular formula is C18H25N3O11. The van der Waals surface area contributed by atoms with Crippen molar-refractivity contribution in [1.82, 2.24) is 15.0 Å². The zero-order valence-corrected chi connectivity index (χ0v) is 18.0. The number of carbonyl (C=O) groups is 4. The van der Waals surface area contributed by atoms with Crippen molar-refractivity contribution >= 4 is 23.9 Å². The standard InChI is InChI=1S/C18H25N3O11/c1-9(23)27-7-14-15(29-10(2)24)16(30-11(3)25)17(31-12(4)26)18(32-14)28-6-13-5-21(8-22)20-19-13/h5,14-18,22H,6-8H2,1-4H3/t14-,15-,16+,17-,18-/m1/s1. The third-order valence-corrected chi connectivity index (χ3v) is 4.07. The number of hydrogen-bond acceptors (Lipinski definition) is 13. The van der Waals surface area contributed by atoms with Crippen molar-refractivity contribution < 1.29 is 52.7 Å². The van der Waals surface area contributed by atoms with Crippen LogP contribution in [0.5, 0.6) is 0 Å². The van der Waals surface area contributed by atoms with E-state index in [-0.39, 0.29) is 13.2 Å². The van der Waals surface area contributed by atoms with E-state index >= 15 is 0 Å². The molecule has 5 atom stereocenters. The number of aliphatic hydroxyl groups is 1. The minimum Gasteiger partial charge on any atom is -0.463 e. The molecule has 1 aromatic rings. The molecule has 2 heterocycles. The summed E-state index contributed by atoms with van der Waals surface area (Å²) < 4.78 is 33.4. The summed E-state index contributed by atoms with van der Waals surface area (Å²) in [7, 11) is 0. The quantitative estimate of drug-likeness (QED) is 0.346. The first kappa shape index (κ1) is 25.2. The summed E-state index contributed by atoms with van der Waals surface area (Å²) in [4.78, 5) is 46.5. The van der Waals surface area contributed by atoms with E-state index in [1.807, 2.05) is 0 Å². The number of nitrogens with zero attached hydrogens (tertiary/aromatic N) is 3. The Morgan fingerprint density at radius 3 is 2.09 bits per heavy atom. The molecule has 0 aliphatic carbocycles. The van der Waals surface area contributed by atoms with Gasteiger partial charge in [0.1, 0.15) is 25.1 Å². The van der Waals surface area contributed by atoms with Gasteiger partial charge in [0, 0.05) is 27.7 Å². The molecule has 0 radical (unpaired) electrons. The fourth-order valence-electron chi connectivity index (χ4n) is 2.96. The number of aromatic nitrogens is 3. The van der Waals surface area contributed by atoms with Gasteiger partial charge in [0.25, 0.3) is 0 Å². The molecule has 2 rings (SSSR count). The maximum absolute atomic E-state index is 11.8. The summed E-state index contributed by atoms with van der Waals surface area (Å²) in [5, 5.41) is 16.5. The number of aliphatic hydroxyl groups excluding tert-OH is 1. The first-order chi connectivity index (χ1) is 15.1. The van der Waals surface area contributed by atoms with E-state index in [1.165, 1.54) is 13.1 Å². The lowest BCUT2D eigenvalue weighted by Crippen LogP contribution is -2.62. The number of ether oxygens (including phenoxy) is 6. The lowest BCUT2D eigenvalue weighted by Gasteiger charge is -2.43. The van der Waals surface area contributed by atoms with Gasteiger partial charge in [0.05, 0.1) is 12.8 Å². The molecule has 32 heavy (non-hydrogen) atoms. The van der Waals surface area contributed by atoms with Crippen LogP contribution in [-0.2, 0) is 60.9 Å². The molecule has 1 N–H and O–H groups in total. The van der Waals surface area contributed by atoms with E-state index in [0.29, 0.717) is 5.69 Å². The lowest BCUT2D eigenvalue weighted by atomic mass is 9.98. The average molecular weight is 459 g/mol. The van der Waals surface area contributed by atoms with Crippen molar-refractivity contribution in [2.45, 2.75) is 71.7 Å². The van der Waals surface area contributed by atoms with Crippen molar-refractivity contribution in [1.29, 1.82) is 0 Å². The molecule has 0 amide bonds. The van der Waals surface area contributed by atoms with E-state index < -0.39 is 61.3 Å². The van der Waals surface area contributed by atoms with E-state index in [4.69, 9.17) is 33.5 Å². The van der Waals surface area contributed by atoms with Crippen LogP contribution < -0.4 is 0 Å². The normalized spacial score (nSPS) is 25.0. The van der Waals surface area contributed by atoms with Crippen LogP contribution in [0.1, 0.15) is 33.4 Å². The van der Waals surface area contributed by atoms with Gasteiger partial charge in [-0.15, -0.1) is 5.10 Å². The Balaban J connectivity index is 2.33. The van der Waals surface area contributed by atoms with E-state index in [1.54, 1.807) is 0 Å². The fraction of sp³-hybridized carbons (Fsp3) is 0.667. The maximum atomic E-state index is 11.8. The van der Waals surface area contributed by atoms with Crippen LogP contribution in [0.4, 0.5) is 0 Å². The smallest absolute Gasteiger partial charge is 0.303 e. The third kappa shape index (κ3) is 7.25. The van der Waals surface area contributed by atoms with Crippen LogP contribution in [0.3, 0.4) is 0 Å². The molecule has 0 unspecified atom stereocenters. The molecule has 0 bridgehead atoms. The Bertz CT molecular complexity index is 827. The second kappa shape index (κ2) is 11.5. The second-order valence-electron chi connectivity index (χ2n) is 6.77. The molecule has 1 aliphatic rings. The van der Waals surface area contributed by atoms with Gasteiger partial charge in [0.2, 0.25) is 0 Å². The van der Waals surface area contributed by atoms with Gasteiger partial charge in [-0.25, -0.2) is 4.68 Å². The Morgan fingerprint density at radius 2 is 1.56 bits per heavy atom. The Kier molecular flexibility index (Phi) is 9.04. The van der Waals surface area contributed by atoms with Crippen molar-refractivity contribution in [3.63, 3.8) is 0 Å². The van der Waals surface area contributed by atoms with Crippen LogP contribution >= 0.6 is 0 Å². The van der Waals surface area contributed by atoms with Gasteiger partial charge < -0.3 is 33.5 Å². The molecule has 1 saturated heterocycles. The number of carbonyl (C=O) groups excluding carboxylic acids is 4. The average Bonchev–Trinajstić information content (AvgIpc) is 3.15. The molecule has 1 fully saturated rings. The van der Waals surface area contributed by atoms with Crippen LogP contribution in [0, 0.1) is 0 Å². The minimum absolute atomic E-state index is 0.187. The zero-order valence-electron chi connectivity index (χ0n) is 18.0. The minimum atomic E-state index is -1.33. The van der Waals surface area contributed by atoms with Gasteiger partial charge in [-0.2, -0.15) is 0 Å². The van der Waals surface area contributed by atoms with Crippen molar-refractivity contribution in [3.05, 3.63) is 11.9 Å². The monoisotopic (exact) mass is 459 g/mol. The van der Waals surface area contributed by atoms with Crippen LogP contribution in [0.15, 0.2) is 6.20 Å². The maximum Gasteiger partial charge on any atom is 0.303 e. The van der Waals surface area contributed by atoms with Crippen LogP contribution in [0.2, 0.25) is 0 Å². The molecule has 0 saturated carbocycles. The van der Waals surface area contributed by atoms with Gasteiger partial charge in [0.15, 0.2) is 24.6 Å². The summed E-state index contributed by atoms with van der Waals surface area (Å²) in [6.07, 6.45) is -4.96. The molecule has 0 aromatic carbocycles. The van der Waals surface area contributed by atoms with Gasteiger partial charge in [-0.1, -0.05) is 5.21 Å². The number of esters is 4. The predicted octanol–water partition coefficient (Wildman–Crippen LogP) is -1.17. The molecular weight excluding hydrogens is 434 g/mol. The van der Waals surface area contributed by atoms with Crippen molar-refractivity contribution in [2.24, 2.45) is 0 Å². The van der Waals surface area contributed by atoms with Crippen LogP contribution in [0.25, 0.3) is 0 Å². The van der Waals surface area contributed by atoms with E-state index in [9.17, 15) is 19.2 Å². The van der Waals surface area contributed by atoms with Gasteiger partial charge in [-0.05, 0) is 0 Å². The van der Waals surface area contributed by atoms with Gasteiger partial charge >= 0.3 is 23.9 Å². The summed E-state index contributed by atoms with van der Waals surface area (Å²) in [5.74, 6) is -2.85. The highest BCUT2D eigenvalue weighted by Crippen LogP contribution is 2.30. The van der Waals surface area contributed by atoms with Gasteiger partial charge in [-0.3, -0.25) is 19.2 Å². The topological polar surface area (TPSA) is 175 Å². The Morgan fingerprint density at radius 1 is 0.969 bits per heavy atom. The molecule has 14 heteroatoms. The molecule has 0 spiro atoms. The van der Waals surface area contributed by atoms with Crippen LogP contribution in [-0.4, -0.2) is 81.3 Å². The predicted molar refractivity (Wildman–Crippen MR) is 99.0 cm³/mol. The summed E-state index contributed by atoms with van der Waals surface area (Å²) in [6, 6.07) is 0. The summed E-state index contributed by atoms with van der Waals surface area (Å²) in [5.41, 5.74) is 0.312. The number of hydrogen-bond donors (Lipinski definition) is 1. The SMILES string of the molecule is CC(=O)OC[C@H]1O[C@@H](OCc2cn(CO)nn2)[C@H](OC(C)=O)[C@@H](OC(C)=O)[C@@H]1OC(C)=O. The Labute approximate surface area is 182 Å². The fourth-order valence-corrected chi connectivity index (χ4v) is 2.96. The summed E-state index contributed by atoms with van der Waals surface area (Å²) in [6.45, 7) is 3.60. The number of rotatable bonds is 9. The highest BCUT2D eigenvalue weighted by atomic mass is 16.7. The first-order valence-corrected chi connectivity index (χ1v) is 9.52. The molecule has 1 aromatic heterocycles. The van der Waals surface area contributed by atoms with Crippen molar-refractivity contribution in [2.75, 3.05) is 6.61 Å². The second-order valence-corrected chi connectivity index (χ2v) is 6.77. The molecule has 178 valence electrons. The largest absolute Gasteiger partial charge is 0.463 e. The first-order valence-electron chi connectivity index (χ1n) is 9.52.